The van der Waals surface area contributed by atoms with Gasteiger partial charge in [-0.15, -0.1) is 0 Å². The summed E-state index contributed by atoms with van der Waals surface area (Å²) in [4.78, 5) is 2.29. The highest BCUT2D eigenvalue weighted by Gasteiger charge is 2.26. The van der Waals surface area contributed by atoms with Crippen molar-refractivity contribution in [3.63, 3.8) is 0 Å². The molecular weight excluding hydrogens is 342 g/mol. The van der Waals surface area contributed by atoms with Gasteiger partial charge in [0.25, 0.3) is 0 Å². The molecule has 0 saturated heterocycles. The highest BCUT2D eigenvalue weighted by molar-refractivity contribution is 5.39. The monoisotopic (exact) mass is 365 g/mol. The van der Waals surface area contributed by atoms with Gasteiger partial charge in [0.1, 0.15) is 35.7 Å². The number of hydrogen-bond donors (Lipinski definition) is 1. The van der Waals surface area contributed by atoms with Crippen molar-refractivity contribution >= 4 is 0 Å². The van der Waals surface area contributed by atoms with Gasteiger partial charge >= 0.3 is 0 Å². The van der Waals surface area contributed by atoms with Crippen molar-refractivity contribution in [1.82, 2.24) is 4.90 Å². The SMILES string of the molecule is COc1ccccc1C1CN(Cc2ccc(CO)o2)Cc2ccccc2O1. The van der Waals surface area contributed by atoms with Crippen LogP contribution in [0.1, 0.15) is 28.8 Å². The molecule has 1 N–H and O–H groups in total. The van der Waals surface area contributed by atoms with E-state index in [1.807, 2.05) is 54.6 Å². The molecule has 0 amide bonds. The highest BCUT2D eigenvalue weighted by atomic mass is 16.5. The first-order valence-electron chi connectivity index (χ1n) is 9.05. The predicted molar refractivity (Wildman–Crippen MR) is 102 cm³/mol. The maximum absolute atomic E-state index is 9.24. The zero-order valence-electron chi connectivity index (χ0n) is 15.3. The summed E-state index contributed by atoms with van der Waals surface area (Å²) in [5.74, 6) is 3.13. The highest BCUT2D eigenvalue weighted by Crippen LogP contribution is 2.35. The van der Waals surface area contributed by atoms with Crippen LogP contribution in [0, 0.1) is 0 Å². The molecule has 0 bridgehead atoms. The molecule has 5 heteroatoms. The number of fused-ring (bicyclic) bond motifs is 1. The van der Waals surface area contributed by atoms with E-state index in [0.29, 0.717) is 18.8 Å². The van der Waals surface area contributed by atoms with Crippen molar-refractivity contribution < 1.29 is 19.0 Å². The Morgan fingerprint density at radius 2 is 1.81 bits per heavy atom. The second-order valence-corrected chi connectivity index (χ2v) is 6.65. The van der Waals surface area contributed by atoms with Gasteiger partial charge in [0.15, 0.2) is 0 Å². The summed E-state index contributed by atoms with van der Waals surface area (Å²) in [5.41, 5.74) is 2.17. The van der Waals surface area contributed by atoms with Crippen LogP contribution in [0.25, 0.3) is 0 Å². The molecule has 4 rings (SSSR count). The number of aliphatic hydroxyl groups is 1. The lowest BCUT2D eigenvalue weighted by atomic mass is 10.1. The van der Waals surface area contributed by atoms with Gasteiger partial charge < -0.3 is 19.0 Å². The van der Waals surface area contributed by atoms with E-state index in [2.05, 4.69) is 11.0 Å². The van der Waals surface area contributed by atoms with E-state index in [1.165, 1.54) is 0 Å². The van der Waals surface area contributed by atoms with E-state index in [-0.39, 0.29) is 12.7 Å². The number of methoxy groups -OCH3 is 1. The van der Waals surface area contributed by atoms with E-state index in [9.17, 15) is 5.11 Å². The fourth-order valence-corrected chi connectivity index (χ4v) is 3.51. The third kappa shape index (κ3) is 3.84. The number of benzene rings is 2. The Morgan fingerprint density at radius 1 is 1.04 bits per heavy atom. The van der Waals surface area contributed by atoms with Gasteiger partial charge in [-0.3, -0.25) is 4.90 Å². The van der Waals surface area contributed by atoms with Crippen LogP contribution in [0.5, 0.6) is 11.5 Å². The van der Waals surface area contributed by atoms with Crippen LogP contribution in [-0.4, -0.2) is 23.7 Å². The first kappa shape index (κ1) is 17.6. The van der Waals surface area contributed by atoms with Gasteiger partial charge in [0, 0.05) is 24.2 Å². The minimum Gasteiger partial charge on any atom is -0.496 e. The molecule has 2 heterocycles. The Labute approximate surface area is 158 Å². The Morgan fingerprint density at radius 3 is 2.63 bits per heavy atom. The molecule has 1 aliphatic heterocycles. The van der Waals surface area contributed by atoms with E-state index >= 15 is 0 Å². The number of ether oxygens (including phenoxy) is 2. The smallest absolute Gasteiger partial charge is 0.140 e. The first-order valence-corrected chi connectivity index (χ1v) is 9.05. The van der Waals surface area contributed by atoms with Crippen molar-refractivity contribution in [1.29, 1.82) is 0 Å². The lowest BCUT2D eigenvalue weighted by Gasteiger charge is -2.24. The minimum absolute atomic E-state index is 0.0875. The zero-order valence-corrected chi connectivity index (χ0v) is 15.3. The molecule has 0 radical (unpaired) electrons. The van der Waals surface area contributed by atoms with Crippen molar-refractivity contribution in [2.45, 2.75) is 25.8 Å². The molecule has 140 valence electrons. The van der Waals surface area contributed by atoms with Crippen LogP contribution < -0.4 is 9.47 Å². The summed E-state index contributed by atoms with van der Waals surface area (Å²) in [6, 6.07) is 19.8. The van der Waals surface area contributed by atoms with Crippen LogP contribution in [0.3, 0.4) is 0 Å². The van der Waals surface area contributed by atoms with Crippen LogP contribution in [0.4, 0.5) is 0 Å². The lowest BCUT2D eigenvalue weighted by molar-refractivity contribution is 0.134. The first-order chi connectivity index (χ1) is 13.3. The van der Waals surface area contributed by atoms with E-state index in [1.54, 1.807) is 7.11 Å². The molecule has 3 aromatic rings. The molecule has 0 fully saturated rings. The number of aliphatic hydroxyl groups excluding tert-OH is 1. The van der Waals surface area contributed by atoms with Gasteiger partial charge in [-0.05, 0) is 24.3 Å². The van der Waals surface area contributed by atoms with E-state index in [4.69, 9.17) is 13.9 Å². The number of nitrogens with zero attached hydrogens (tertiary/aromatic N) is 1. The maximum atomic E-state index is 9.24. The van der Waals surface area contributed by atoms with Crippen molar-refractivity contribution in [3.05, 3.63) is 83.3 Å². The molecule has 27 heavy (non-hydrogen) atoms. The van der Waals surface area contributed by atoms with E-state index in [0.717, 1.165) is 34.9 Å². The fraction of sp³-hybridized carbons (Fsp3) is 0.273. The number of para-hydroxylation sites is 2. The standard InChI is InChI=1S/C22H23NO4/c1-25-21-9-5-3-7-19(21)22-14-23(13-17-10-11-18(15-24)26-17)12-16-6-2-4-8-20(16)27-22/h2-11,22,24H,12-15H2,1H3. The lowest BCUT2D eigenvalue weighted by Crippen LogP contribution is -2.27. The summed E-state index contributed by atoms with van der Waals surface area (Å²) >= 11 is 0. The summed E-state index contributed by atoms with van der Waals surface area (Å²) in [6.45, 7) is 2.01. The van der Waals surface area contributed by atoms with Crippen LogP contribution in [0.15, 0.2) is 65.1 Å². The van der Waals surface area contributed by atoms with Crippen molar-refractivity contribution in [2.24, 2.45) is 0 Å². The predicted octanol–water partition coefficient (Wildman–Crippen LogP) is 3.92. The van der Waals surface area contributed by atoms with Gasteiger partial charge in [-0.25, -0.2) is 0 Å². The topological polar surface area (TPSA) is 55.1 Å². The number of rotatable bonds is 5. The average molecular weight is 365 g/mol. The molecular formula is C22H23NO4. The number of hydrogen-bond acceptors (Lipinski definition) is 5. The Bertz CT molecular complexity index is 905. The van der Waals surface area contributed by atoms with Crippen LogP contribution >= 0.6 is 0 Å². The maximum Gasteiger partial charge on any atom is 0.140 e. The molecule has 1 atom stereocenters. The van der Waals surface area contributed by atoms with Crippen LogP contribution in [-0.2, 0) is 19.7 Å². The second-order valence-electron chi connectivity index (χ2n) is 6.65. The van der Waals surface area contributed by atoms with Gasteiger partial charge in [-0.1, -0.05) is 36.4 Å². The molecule has 0 aliphatic carbocycles. The summed E-state index contributed by atoms with van der Waals surface area (Å²) in [6.07, 6.45) is -0.155. The summed E-state index contributed by atoms with van der Waals surface area (Å²) in [7, 11) is 1.68. The Balaban J connectivity index is 1.66. The summed E-state index contributed by atoms with van der Waals surface area (Å²) < 4.78 is 17.6. The Kier molecular flexibility index (Phi) is 5.14. The van der Waals surface area contributed by atoms with Crippen molar-refractivity contribution in [2.75, 3.05) is 13.7 Å². The minimum atomic E-state index is -0.155. The number of furan rings is 1. The van der Waals surface area contributed by atoms with Gasteiger partial charge in [0.2, 0.25) is 0 Å². The molecule has 2 aromatic carbocycles. The molecule has 1 unspecified atom stereocenters. The molecule has 5 nitrogen and oxygen atoms in total. The largest absolute Gasteiger partial charge is 0.496 e. The third-order valence-electron chi connectivity index (χ3n) is 4.80. The van der Waals surface area contributed by atoms with Gasteiger partial charge in [-0.2, -0.15) is 0 Å². The fourth-order valence-electron chi connectivity index (χ4n) is 3.51. The molecule has 0 spiro atoms. The molecule has 1 aromatic heterocycles. The van der Waals surface area contributed by atoms with Crippen molar-refractivity contribution in [3.8, 4) is 11.5 Å². The normalized spacial score (nSPS) is 17.0. The zero-order chi connectivity index (χ0) is 18.6. The van der Waals surface area contributed by atoms with Gasteiger partial charge in [0.05, 0.1) is 13.7 Å². The Hall–Kier alpha value is -2.76. The second kappa shape index (κ2) is 7.86. The van der Waals surface area contributed by atoms with E-state index < -0.39 is 0 Å². The molecule has 0 saturated carbocycles. The van der Waals surface area contributed by atoms with Crippen LogP contribution in [0.2, 0.25) is 0 Å². The summed E-state index contributed by atoms with van der Waals surface area (Å²) in [5, 5.41) is 9.24. The average Bonchev–Trinajstić information content (AvgIpc) is 3.07. The third-order valence-corrected chi connectivity index (χ3v) is 4.80. The molecule has 1 aliphatic rings. The quantitative estimate of drug-likeness (QED) is 0.743.